The average Bonchev–Trinajstić information content (AvgIpc) is 3.11. The lowest BCUT2D eigenvalue weighted by molar-refractivity contribution is 0.212. The van der Waals surface area contributed by atoms with Gasteiger partial charge in [0.05, 0.1) is 13.2 Å². The van der Waals surface area contributed by atoms with Crippen LogP contribution in [-0.2, 0) is 6.61 Å². The summed E-state index contributed by atoms with van der Waals surface area (Å²) in [5, 5.41) is 21.6. The van der Waals surface area contributed by atoms with Gasteiger partial charge in [0, 0.05) is 18.2 Å². The Hall–Kier alpha value is -1.39. The standard InChI is InChI=1S/C13H18N2O2/c1-2-11-6-13(11,9-17)8-15-12-5-10(7-16)3-4-14-12/h2-5,11,16-17H,1,6-9H2,(H,14,15)/t11-,13-/m1/s1. The largest absolute Gasteiger partial charge is 0.396 e. The Morgan fingerprint density at radius 3 is 3.00 bits per heavy atom. The van der Waals surface area contributed by atoms with Crippen molar-refractivity contribution >= 4 is 5.82 Å². The Morgan fingerprint density at radius 2 is 2.41 bits per heavy atom. The van der Waals surface area contributed by atoms with Crippen molar-refractivity contribution in [2.45, 2.75) is 13.0 Å². The first-order chi connectivity index (χ1) is 8.24. The molecule has 0 aromatic carbocycles. The zero-order chi connectivity index (χ0) is 12.3. The van der Waals surface area contributed by atoms with Gasteiger partial charge in [0.2, 0.25) is 0 Å². The minimum Gasteiger partial charge on any atom is -0.396 e. The Labute approximate surface area is 101 Å². The molecule has 0 amide bonds. The third-order valence-corrected chi connectivity index (χ3v) is 3.48. The highest BCUT2D eigenvalue weighted by Gasteiger charge is 2.51. The number of hydrogen-bond acceptors (Lipinski definition) is 4. The van der Waals surface area contributed by atoms with Crippen molar-refractivity contribution in [1.82, 2.24) is 4.98 Å². The molecule has 92 valence electrons. The lowest BCUT2D eigenvalue weighted by Gasteiger charge is -2.15. The molecule has 0 spiro atoms. The van der Waals surface area contributed by atoms with E-state index in [0.717, 1.165) is 17.8 Å². The lowest BCUT2D eigenvalue weighted by atomic mass is 10.1. The number of allylic oxidation sites excluding steroid dienone is 1. The van der Waals surface area contributed by atoms with Crippen LogP contribution in [0.25, 0.3) is 0 Å². The fraction of sp³-hybridized carbons (Fsp3) is 0.462. The van der Waals surface area contributed by atoms with Gasteiger partial charge in [0.15, 0.2) is 0 Å². The van der Waals surface area contributed by atoms with Gasteiger partial charge in [-0.25, -0.2) is 4.98 Å². The minimum atomic E-state index is -0.0708. The van der Waals surface area contributed by atoms with E-state index in [2.05, 4.69) is 16.9 Å². The summed E-state index contributed by atoms with van der Waals surface area (Å²) in [4.78, 5) is 4.17. The van der Waals surface area contributed by atoms with Gasteiger partial charge < -0.3 is 15.5 Å². The maximum Gasteiger partial charge on any atom is 0.126 e. The predicted octanol–water partition coefficient (Wildman–Crippen LogP) is 1.17. The molecule has 2 rings (SSSR count). The molecule has 17 heavy (non-hydrogen) atoms. The van der Waals surface area contributed by atoms with Crippen molar-refractivity contribution in [2.75, 3.05) is 18.5 Å². The Bertz CT molecular complexity index is 408. The Kier molecular flexibility index (Phi) is 3.45. The molecule has 0 saturated heterocycles. The fourth-order valence-corrected chi connectivity index (χ4v) is 2.09. The molecular weight excluding hydrogens is 216 g/mol. The molecule has 2 atom stereocenters. The van der Waals surface area contributed by atoms with E-state index >= 15 is 0 Å². The summed E-state index contributed by atoms with van der Waals surface area (Å²) in [6, 6.07) is 3.59. The molecule has 1 fully saturated rings. The first kappa shape index (κ1) is 12.1. The molecule has 1 heterocycles. The molecule has 0 aliphatic heterocycles. The van der Waals surface area contributed by atoms with E-state index in [1.165, 1.54) is 0 Å². The zero-order valence-electron chi connectivity index (χ0n) is 9.76. The van der Waals surface area contributed by atoms with Gasteiger partial charge in [-0.05, 0) is 30.0 Å². The van der Waals surface area contributed by atoms with Gasteiger partial charge in [-0.3, -0.25) is 0 Å². The number of aliphatic hydroxyl groups is 2. The summed E-state index contributed by atoms with van der Waals surface area (Å²) in [5.74, 6) is 1.13. The second-order valence-corrected chi connectivity index (χ2v) is 4.63. The van der Waals surface area contributed by atoms with Crippen LogP contribution in [0.5, 0.6) is 0 Å². The average molecular weight is 234 g/mol. The zero-order valence-corrected chi connectivity index (χ0v) is 9.76. The van der Waals surface area contributed by atoms with Crippen LogP contribution in [0.2, 0.25) is 0 Å². The first-order valence-electron chi connectivity index (χ1n) is 5.77. The number of aromatic nitrogens is 1. The summed E-state index contributed by atoms with van der Waals surface area (Å²) >= 11 is 0. The molecular formula is C13H18N2O2. The van der Waals surface area contributed by atoms with Crippen molar-refractivity contribution in [1.29, 1.82) is 0 Å². The summed E-state index contributed by atoms with van der Waals surface area (Å²) in [6.07, 6.45) is 4.53. The van der Waals surface area contributed by atoms with Gasteiger partial charge >= 0.3 is 0 Å². The fourth-order valence-electron chi connectivity index (χ4n) is 2.09. The summed E-state index contributed by atoms with van der Waals surface area (Å²) in [7, 11) is 0. The number of nitrogens with zero attached hydrogens (tertiary/aromatic N) is 1. The van der Waals surface area contributed by atoms with Crippen LogP contribution in [0.3, 0.4) is 0 Å². The van der Waals surface area contributed by atoms with Gasteiger partial charge in [-0.2, -0.15) is 0 Å². The first-order valence-corrected chi connectivity index (χ1v) is 5.77. The molecule has 1 aromatic rings. The molecule has 4 nitrogen and oxygen atoms in total. The number of nitrogens with one attached hydrogen (secondary N) is 1. The highest BCUT2D eigenvalue weighted by atomic mass is 16.3. The predicted molar refractivity (Wildman–Crippen MR) is 66.5 cm³/mol. The van der Waals surface area contributed by atoms with Crippen LogP contribution in [0.15, 0.2) is 31.0 Å². The number of hydrogen-bond donors (Lipinski definition) is 3. The van der Waals surface area contributed by atoms with Crippen LogP contribution in [0.1, 0.15) is 12.0 Å². The molecule has 0 unspecified atom stereocenters. The Morgan fingerprint density at radius 1 is 1.59 bits per heavy atom. The molecule has 0 bridgehead atoms. The van der Waals surface area contributed by atoms with E-state index < -0.39 is 0 Å². The van der Waals surface area contributed by atoms with Crippen molar-refractivity contribution in [3.05, 3.63) is 36.5 Å². The van der Waals surface area contributed by atoms with Crippen molar-refractivity contribution in [3.8, 4) is 0 Å². The van der Waals surface area contributed by atoms with Crippen LogP contribution >= 0.6 is 0 Å². The molecule has 1 aliphatic carbocycles. The summed E-state index contributed by atoms with van der Waals surface area (Å²) in [6.45, 7) is 4.62. The van der Waals surface area contributed by atoms with E-state index in [-0.39, 0.29) is 18.6 Å². The van der Waals surface area contributed by atoms with Crippen LogP contribution in [0.4, 0.5) is 5.82 Å². The molecule has 0 radical (unpaired) electrons. The third-order valence-electron chi connectivity index (χ3n) is 3.48. The third kappa shape index (κ3) is 2.48. The molecule has 1 saturated carbocycles. The maximum atomic E-state index is 9.39. The lowest BCUT2D eigenvalue weighted by Crippen LogP contribution is -2.21. The number of anilines is 1. The van der Waals surface area contributed by atoms with E-state index in [0.29, 0.717) is 12.5 Å². The van der Waals surface area contributed by atoms with Crippen molar-refractivity contribution in [2.24, 2.45) is 11.3 Å². The minimum absolute atomic E-state index is 0.0115. The van der Waals surface area contributed by atoms with Crippen LogP contribution in [-0.4, -0.2) is 28.3 Å². The smallest absolute Gasteiger partial charge is 0.126 e. The van der Waals surface area contributed by atoms with Gasteiger partial charge in [-0.1, -0.05) is 6.08 Å². The van der Waals surface area contributed by atoms with Gasteiger partial charge in [0.1, 0.15) is 5.82 Å². The van der Waals surface area contributed by atoms with E-state index in [9.17, 15) is 5.11 Å². The number of rotatable bonds is 6. The summed E-state index contributed by atoms with van der Waals surface area (Å²) in [5.41, 5.74) is 0.759. The summed E-state index contributed by atoms with van der Waals surface area (Å²) < 4.78 is 0. The van der Waals surface area contributed by atoms with Crippen LogP contribution in [0, 0.1) is 11.3 Å². The van der Waals surface area contributed by atoms with Crippen LogP contribution < -0.4 is 5.32 Å². The van der Waals surface area contributed by atoms with Gasteiger partial charge in [0.25, 0.3) is 0 Å². The molecule has 1 aromatic heterocycles. The van der Waals surface area contributed by atoms with E-state index in [1.807, 2.05) is 12.1 Å². The quantitative estimate of drug-likeness (QED) is 0.646. The highest BCUT2D eigenvalue weighted by molar-refractivity contribution is 5.38. The van der Waals surface area contributed by atoms with E-state index in [1.54, 1.807) is 12.3 Å². The van der Waals surface area contributed by atoms with Crippen molar-refractivity contribution < 1.29 is 10.2 Å². The monoisotopic (exact) mass is 234 g/mol. The Balaban J connectivity index is 1.95. The highest BCUT2D eigenvalue weighted by Crippen LogP contribution is 2.52. The van der Waals surface area contributed by atoms with Gasteiger partial charge in [-0.15, -0.1) is 6.58 Å². The number of aliphatic hydroxyl groups excluding tert-OH is 2. The second kappa shape index (κ2) is 4.85. The normalized spacial score (nSPS) is 26.6. The maximum absolute atomic E-state index is 9.39. The molecule has 3 N–H and O–H groups in total. The molecule has 4 heteroatoms. The molecule has 1 aliphatic rings. The topological polar surface area (TPSA) is 65.4 Å². The second-order valence-electron chi connectivity index (χ2n) is 4.63. The number of pyridine rings is 1. The van der Waals surface area contributed by atoms with Crippen molar-refractivity contribution in [3.63, 3.8) is 0 Å². The SMILES string of the molecule is C=C[C@@H]1C[C@]1(CO)CNc1cc(CO)ccn1. The van der Waals surface area contributed by atoms with E-state index in [4.69, 9.17) is 5.11 Å².